The van der Waals surface area contributed by atoms with Crippen LogP contribution in [0.15, 0.2) is 84.4 Å². The van der Waals surface area contributed by atoms with Gasteiger partial charge in [0, 0.05) is 0 Å². The zero-order valence-electron chi connectivity index (χ0n) is 16.3. The molecule has 2 N–H and O–H groups in total. The van der Waals surface area contributed by atoms with Crippen LogP contribution in [0, 0.1) is 11.3 Å². The molecule has 0 radical (unpaired) electrons. The van der Waals surface area contributed by atoms with Gasteiger partial charge in [0.15, 0.2) is 12.4 Å². The summed E-state index contributed by atoms with van der Waals surface area (Å²) in [6.45, 7) is -0.453. The molecule has 0 aliphatic rings. The number of hydrogen-bond donors (Lipinski definition) is 2. The minimum atomic E-state index is -1.08. The van der Waals surface area contributed by atoms with E-state index in [-0.39, 0.29) is 5.57 Å². The van der Waals surface area contributed by atoms with Crippen LogP contribution in [0.25, 0.3) is 6.08 Å². The van der Waals surface area contributed by atoms with E-state index < -0.39 is 18.5 Å². The number of aliphatic carboxylic acids is 1. The minimum absolute atomic E-state index is 0.103. The van der Waals surface area contributed by atoms with Gasteiger partial charge in [0.05, 0.1) is 5.69 Å². The van der Waals surface area contributed by atoms with Crippen molar-refractivity contribution in [3.63, 3.8) is 0 Å². The maximum atomic E-state index is 12.6. The summed E-state index contributed by atoms with van der Waals surface area (Å²) in [5.41, 5.74) is 0.909. The third-order valence-electron chi connectivity index (χ3n) is 4.02. The van der Waals surface area contributed by atoms with Gasteiger partial charge >= 0.3 is 5.97 Å². The SMILES string of the molecule is N#CC(=Cc1ccc(OCC(=O)O)cc1)C(=O)Nc1ccccc1Oc1ccccc1. The second-order valence-electron chi connectivity index (χ2n) is 6.29. The molecule has 0 fully saturated rings. The van der Waals surface area contributed by atoms with Gasteiger partial charge in [-0.05, 0) is 48.0 Å². The number of ether oxygens (including phenoxy) is 2. The van der Waals surface area contributed by atoms with Gasteiger partial charge in [-0.2, -0.15) is 5.26 Å². The molecule has 3 rings (SSSR count). The van der Waals surface area contributed by atoms with Crippen molar-refractivity contribution in [1.29, 1.82) is 5.26 Å². The average Bonchev–Trinajstić information content (AvgIpc) is 2.78. The van der Waals surface area contributed by atoms with E-state index in [0.717, 1.165) is 0 Å². The number of carboxylic acid groups (broad SMARTS) is 1. The van der Waals surface area contributed by atoms with Crippen molar-refractivity contribution in [1.82, 2.24) is 0 Å². The van der Waals surface area contributed by atoms with Gasteiger partial charge in [-0.3, -0.25) is 4.79 Å². The van der Waals surface area contributed by atoms with Crippen LogP contribution in [0.3, 0.4) is 0 Å². The van der Waals surface area contributed by atoms with E-state index in [0.29, 0.717) is 28.5 Å². The fourth-order valence-corrected chi connectivity index (χ4v) is 2.58. The number of para-hydroxylation sites is 3. The average molecular weight is 414 g/mol. The van der Waals surface area contributed by atoms with Crippen LogP contribution in [0.2, 0.25) is 0 Å². The van der Waals surface area contributed by atoms with E-state index >= 15 is 0 Å². The smallest absolute Gasteiger partial charge is 0.341 e. The normalized spacial score (nSPS) is 10.6. The largest absolute Gasteiger partial charge is 0.482 e. The van der Waals surface area contributed by atoms with Crippen molar-refractivity contribution >= 4 is 23.6 Å². The number of carbonyl (C=O) groups excluding carboxylic acids is 1. The lowest BCUT2D eigenvalue weighted by molar-refractivity contribution is -0.139. The van der Waals surface area contributed by atoms with Gasteiger partial charge in [0.25, 0.3) is 5.91 Å². The number of anilines is 1. The zero-order chi connectivity index (χ0) is 22.1. The highest BCUT2D eigenvalue weighted by atomic mass is 16.5. The van der Waals surface area contributed by atoms with Gasteiger partial charge in [0.1, 0.15) is 23.1 Å². The highest BCUT2D eigenvalue weighted by Crippen LogP contribution is 2.29. The maximum Gasteiger partial charge on any atom is 0.341 e. The fraction of sp³-hybridized carbons (Fsp3) is 0.0417. The Morgan fingerprint density at radius 1 is 0.935 bits per heavy atom. The molecule has 154 valence electrons. The highest BCUT2D eigenvalue weighted by Gasteiger charge is 2.13. The summed E-state index contributed by atoms with van der Waals surface area (Å²) >= 11 is 0. The van der Waals surface area contributed by atoms with Crippen molar-refractivity contribution in [3.05, 3.63) is 90.0 Å². The quantitative estimate of drug-likeness (QED) is 0.415. The first-order valence-electron chi connectivity index (χ1n) is 9.25. The number of nitrogens with one attached hydrogen (secondary N) is 1. The van der Waals surface area contributed by atoms with E-state index in [1.165, 1.54) is 6.08 Å². The molecule has 3 aromatic carbocycles. The van der Waals surface area contributed by atoms with Gasteiger partial charge in [0.2, 0.25) is 0 Å². The molecule has 0 aromatic heterocycles. The summed E-state index contributed by atoms with van der Waals surface area (Å²) in [6, 6.07) is 24.3. The second kappa shape index (κ2) is 10.3. The molecular formula is C24H18N2O5. The van der Waals surface area contributed by atoms with Crippen LogP contribution < -0.4 is 14.8 Å². The summed E-state index contributed by atoms with van der Waals surface area (Å²) in [6.07, 6.45) is 1.43. The lowest BCUT2D eigenvalue weighted by Gasteiger charge is -2.12. The van der Waals surface area contributed by atoms with E-state index in [2.05, 4.69) is 5.32 Å². The number of nitriles is 1. The van der Waals surface area contributed by atoms with E-state index in [1.54, 1.807) is 60.7 Å². The third-order valence-corrected chi connectivity index (χ3v) is 4.02. The molecule has 0 saturated carbocycles. The Kier molecular flexibility index (Phi) is 7.01. The molecule has 0 bridgehead atoms. The van der Waals surface area contributed by atoms with Crippen LogP contribution in [0.5, 0.6) is 17.2 Å². The zero-order valence-corrected chi connectivity index (χ0v) is 16.3. The number of benzene rings is 3. The predicted octanol–water partition coefficient (Wildman–Crippen LogP) is 4.49. The monoisotopic (exact) mass is 414 g/mol. The molecule has 1 amide bonds. The van der Waals surface area contributed by atoms with E-state index in [4.69, 9.17) is 14.6 Å². The molecule has 0 spiro atoms. The standard InChI is InChI=1S/C24H18N2O5/c25-15-18(14-17-10-12-19(13-11-17)30-16-23(27)28)24(29)26-21-8-4-5-9-22(21)31-20-6-2-1-3-7-20/h1-14H,16H2,(H,26,29)(H,27,28). The molecule has 0 aliphatic heterocycles. The molecule has 0 saturated heterocycles. The maximum absolute atomic E-state index is 12.6. The molecular weight excluding hydrogens is 396 g/mol. The van der Waals surface area contributed by atoms with Crippen LogP contribution in [-0.4, -0.2) is 23.6 Å². The molecule has 0 aliphatic carbocycles. The number of amides is 1. The number of nitrogens with zero attached hydrogens (tertiary/aromatic N) is 1. The Bertz CT molecular complexity index is 1130. The van der Waals surface area contributed by atoms with Gasteiger partial charge in [-0.25, -0.2) is 4.79 Å². The summed E-state index contributed by atoms with van der Waals surface area (Å²) < 4.78 is 10.9. The predicted molar refractivity (Wildman–Crippen MR) is 115 cm³/mol. The summed E-state index contributed by atoms with van der Waals surface area (Å²) in [7, 11) is 0. The van der Waals surface area contributed by atoms with E-state index in [9.17, 15) is 14.9 Å². The highest BCUT2D eigenvalue weighted by molar-refractivity contribution is 6.10. The first kappa shape index (κ1) is 21.1. The third kappa shape index (κ3) is 6.21. The van der Waals surface area contributed by atoms with Gasteiger partial charge in [-0.1, -0.05) is 42.5 Å². The Morgan fingerprint density at radius 3 is 2.29 bits per heavy atom. The lowest BCUT2D eigenvalue weighted by Crippen LogP contribution is -2.14. The summed E-state index contributed by atoms with van der Waals surface area (Å²) in [5.74, 6) is -0.235. The van der Waals surface area contributed by atoms with Gasteiger partial charge < -0.3 is 19.9 Å². The molecule has 7 heteroatoms. The van der Waals surface area contributed by atoms with E-state index in [1.807, 2.05) is 24.3 Å². The molecule has 0 unspecified atom stereocenters. The van der Waals surface area contributed by atoms with Crippen LogP contribution in [0.4, 0.5) is 5.69 Å². The van der Waals surface area contributed by atoms with Gasteiger partial charge in [-0.15, -0.1) is 0 Å². The number of rotatable bonds is 8. The molecule has 0 heterocycles. The van der Waals surface area contributed by atoms with Crippen LogP contribution in [-0.2, 0) is 9.59 Å². The number of hydrogen-bond acceptors (Lipinski definition) is 5. The van der Waals surface area contributed by atoms with Crippen molar-refractivity contribution in [2.45, 2.75) is 0 Å². The molecule has 31 heavy (non-hydrogen) atoms. The topological polar surface area (TPSA) is 109 Å². The van der Waals surface area contributed by atoms with Crippen LogP contribution >= 0.6 is 0 Å². The fourth-order valence-electron chi connectivity index (χ4n) is 2.58. The Balaban J connectivity index is 1.73. The lowest BCUT2D eigenvalue weighted by atomic mass is 10.1. The Hall–Kier alpha value is -4.57. The summed E-state index contributed by atoms with van der Waals surface area (Å²) in [4.78, 5) is 23.2. The molecule has 3 aromatic rings. The summed E-state index contributed by atoms with van der Waals surface area (Å²) in [5, 5.41) is 20.8. The van der Waals surface area contributed by atoms with Crippen molar-refractivity contribution < 1.29 is 24.2 Å². The first-order valence-corrected chi connectivity index (χ1v) is 9.25. The minimum Gasteiger partial charge on any atom is -0.482 e. The molecule has 7 nitrogen and oxygen atoms in total. The van der Waals surface area contributed by atoms with Crippen molar-refractivity contribution in [3.8, 4) is 23.3 Å². The Labute approximate surface area is 178 Å². The van der Waals surface area contributed by atoms with Crippen LogP contribution in [0.1, 0.15) is 5.56 Å². The van der Waals surface area contributed by atoms with Crippen molar-refractivity contribution in [2.75, 3.05) is 11.9 Å². The van der Waals surface area contributed by atoms with Crippen molar-refractivity contribution in [2.24, 2.45) is 0 Å². The first-order chi connectivity index (χ1) is 15.0. The molecule has 0 atom stereocenters. The second-order valence-corrected chi connectivity index (χ2v) is 6.29. The number of carbonyl (C=O) groups is 2. The number of carboxylic acids is 1. The Morgan fingerprint density at radius 2 is 1.61 bits per heavy atom.